The van der Waals surface area contributed by atoms with Crippen LogP contribution in [0.25, 0.3) is 10.9 Å². The number of para-hydroxylation sites is 1. The van der Waals surface area contributed by atoms with Crippen LogP contribution in [0.15, 0.2) is 48.5 Å². The van der Waals surface area contributed by atoms with Crippen LogP contribution in [0.2, 0.25) is 0 Å². The zero-order valence-electron chi connectivity index (χ0n) is 16.9. The van der Waals surface area contributed by atoms with E-state index in [9.17, 15) is 14.0 Å². The molecule has 0 radical (unpaired) electrons. The van der Waals surface area contributed by atoms with E-state index in [-0.39, 0.29) is 25.2 Å². The van der Waals surface area contributed by atoms with E-state index in [0.29, 0.717) is 5.56 Å². The van der Waals surface area contributed by atoms with Gasteiger partial charge >= 0.3 is 0 Å². The average molecular weight is 423 g/mol. The van der Waals surface area contributed by atoms with Crippen LogP contribution in [0.3, 0.4) is 0 Å². The van der Waals surface area contributed by atoms with Crippen LogP contribution in [0.4, 0.5) is 4.39 Å². The van der Waals surface area contributed by atoms with Crippen molar-refractivity contribution < 1.29 is 23.9 Å². The Morgan fingerprint density at radius 2 is 2.06 bits per heavy atom. The Kier molecular flexibility index (Phi) is 5.32. The summed E-state index contributed by atoms with van der Waals surface area (Å²) in [5.74, 6) is -2.54. The molecule has 7 nitrogen and oxygen atoms in total. The minimum Gasteiger partial charge on any atom is -0.486 e. The molecule has 1 saturated carbocycles. The molecule has 2 aromatic carbocycles. The van der Waals surface area contributed by atoms with Gasteiger partial charge in [-0.15, -0.1) is 0 Å². The molecular weight excluding hydrogens is 401 g/mol. The average Bonchev–Trinajstić information content (AvgIpc) is 3.48. The molecule has 0 bridgehead atoms. The van der Waals surface area contributed by atoms with Crippen molar-refractivity contribution in [3.05, 3.63) is 71.2 Å². The Morgan fingerprint density at radius 3 is 2.77 bits per heavy atom. The number of fused-ring (bicyclic) bond motifs is 1. The fraction of sp³-hybridized carbons (Fsp3) is 0.261. The zero-order chi connectivity index (χ0) is 22.2. The number of carbonyl (C=O) groups is 2. The zero-order valence-corrected chi connectivity index (χ0v) is 16.9. The predicted molar refractivity (Wildman–Crippen MR) is 111 cm³/mol. The third-order valence-corrected chi connectivity index (χ3v) is 5.82. The number of benzene rings is 2. The SMILES string of the molecule is Cc1cc(COc2ccc(CC3(C(N)=O)CC3C(=O)NO)cc2F)c2ccccc2n1. The molecule has 1 heterocycles. The summed E-state index contributed by atoms with van der Waals surface area (Å²) in [7, 11) is 0. The lowest BCUT2D eigenvalue weighted by atomic mass is 9.92. The molecule has 0 spiro atoms. The number of halogens is 1. The number of amides is 2. The highest BCUT2D eigenvalue weighted by Gasteiger charge is 2.62. The molecule has 1 fully saturated rings. The molecule has 160 valence electrons. The molecule has 2 amide bonds. The lowest BCUT2D eigenvalue weighted by Gasteiger charge is -2.15. The second kappa shape index (κ2) is 7.96. The number of rotatable bonds is 7. The second-order valence-corrected chi connectivity index (χ2v) is 7.92. The number of nitrogens with one attached hydrogen (secondary N) is 1. The van der Waals surface area contributed by atoms with Crippen molar-refractivity contribution in [3.8, 4) is 5.75 Å². The Balaban J connectivity index is 1.50. The summed E-state index contributed by atoms with van der Waals surface area (Å²) >= 11 is 0. The van der Waals surface area contributed by atoms with Gasteiger partial charge in [0, 0.05) is 16.6 Å². The van der Waals surface area contributed by atoms with Crippen LogP contribution >= 0.6 is 0 Å². The van der Waals surface area contributed by atoms with E-state index in [1.54, 1.807) is 11.5 Å². The van der Waals surface area contributed by atoms with Gasteiger partial charge in [0.2, 0.25) is 11.8 Å². The minimum atomic E-state index is -1.12. The molecule has 4 N–H and O–H groups in total. The van der Waals surface area contributed by atoms with Crippen LogP contribution in [-0.4, -0.2) is 22.0 Å². The summed E-state index contributed by atoms with van der Waals surface area (Å²) in [6, 6.07) is 14.0. The number of aromatic nitrogens is 1. The largest absolute Gasteiger partial charge is 0.486 e. The molecule has 4 rings (SSSR count). The first-order valence-corrected chi connectivity index (χ1v) is 9.84. The highest BCUT2D eigenvalue weighted by molar-refractivity contribution is 5.95. The van der Waals surface area contributed by atoms with E-state index < -0.39 is 29.0 Å². The maximum atomic E-state index is 14.7. The van der Waals surface area contributed by atoms with Gasteiger partial charge in [-0.1, -0.05) is 24.3 Å². The van der Waals surface area contributed by atoms with E-state index >= 15 is 0 Å². The van der Waals surface area contributed by atoms with Gasteiger partial charge in [-0.05, 0) is 49.6 Å². The van der Waals surface area contributed by atoms with Crippen molar-refractivity contribution in [2.24, 2.45) is 17.1 Å². The topological polar surface area (TPSA) is 115 Å². The number of hydroxylamine groups is 1. The lowest BCUT2D eigenvalue weighted by molar-refractivity contribution is -0.134. The standard InChI is InChI=1S/C23H22FN3O4/c1-13-8-15(16-4-2-3-5-19(16)26-13)12-31-20-7-6-14(9-18(20)24)10-23(22(25)29)11-17(23)21(28)27-30/h2-9,17,30H,10-12H2,1H3,(H2,25,29)(H,27,28). The number of ether oxygens (including phenoxy) is 1. The maximum Gasteiger partial charge on any atom is 0.247 e. The molecule has 0 saturated heterocycles. The molecular formula is C23H22FN3O4. The van der Waals surface area contributed by atoms with Crippen molar-refractivity contribution in [1.29, 1.82) is 0 Å². The summed E-state index contributed by atoms with van der Waals surface area (Å²) in [5.41, 5.74) is 9.01. The number of hydrogen-bond acceptors (Lipinski definition) is 5. The van der Waals surface area contributed by atoms with E-state index in [2.05, 4.69) is 4.98 Å². The molecule has 2 atom stereocenters. The Labute approximate surface area is 178 Å². The van der Waals surface area contributed by atoms with Gasteiger partial charge in [0.1, 0.15) is 6.61 Å². The number of hydrogen-bond donors (Lipinski definition) is 3. The molecule has 8 heteroatoms. The van der Waals surface area contributed by atoms with Gasteiger partial charge in [-0.2, -0.15) is 0 Å². The molecule has 3 aromatic rings. The maximum absolute atomic E-state index is 14.7. The van der Waals surface area contributed by atoms with Gasteiger partial charge < -0.3 is 10.5 Å². The van der Waals surface area contributed by atoms with E-state index in [1.165, 1.54) is 12.1 Å². The van der Waals surface area contributed by atoms with E-state index in [1.807, 2.05) is 37.3 Å². The summed E-state index contributed by atoms with van der Waals surface area (Å²) < 4.78 is 20.4. The fourth-order valence-electron chi connectivity index (χ4n) is 4.09. The van der Waals surface area contributed by atoms with Crippen molar-refractivity contribution in [2.45, 2.75) is 26.4 Å². The number of aryl methyl sites for hydroxylation is 1. The molecule has 1 aromatic heterocycles. The van der Waals surface area contributed by atoms with Crippen LogP contribution in [0.1, 0.15) is 23.2 Å². The predicted octanol–water partition coefficient (Wildman–Crippen LogP) is 2.80. The molecule has 1 aliphatic rings. The monoisotopic (exact) mass is 423 g/mol. The third-order valence-electron chi connectivity index (χ3n) is 5.82. The Hall–Kier alpha value is -3.52. The molecule has 1 aliphatic carbocycles. The van der Waals surface area contributed by atoms with Crippen LogP contribution in [-0.2, 0) is 22.6 Å². The van der Waals surface area contributed by atoms with Gasteiger partial charge in [0.15, 0.2) is 11.6 Å². The summed E-state index contributed by atoms with van der Waals surface area (Å²) in [6.45, 7) is 2.06. The normalized spacial score (nSPS) is 19.8. The van der Waals surface area contributed by atoms with Crippen LogP contribution in [0.5, 0.6) is 5.75 Å². The number of nitrogens with zero attached hydrogens (tertiary/aromatic N) is 1. The van der Waals surface area contributed by atoms with Crippen molar-refractivity contribution >= 4 is 22.7 Å². The highest BCUT2D eigenvalue weighted by atomic mass is 19.1. The summed E-state index contributed by atoms with van der Waals surface area (Å²) in [6.07, 6.45) is 0.314. The van der Waals surface area contributed by atoms with Crippen LogP contribution in [0, 0.1) is 24.1 Å². The van der Waals surface area contributed by atoms with Gasteiger partial charge in [-0.25, -0.2) is 9.87 Å². The Bertz CT molecular complexity index is 1180. The van der Waals surface area contributed by atoms with Gasteiger partial charge in [-0.3, -0.25) is 19.8 Å². The van der Waals surface area contributed by atoms with Gasteiger partial charge in [0.25, 0.3) is 0 Å². The molecule has 0 aliphatic heterocycles. The number of pyridine rings is 1. The number of carbonyl (C=O) groups excluding carboxylic acids is 2. The number of primary amides is 1. The smallest absolute Gasteiger partial charge is 0.247 e. The molecule has 2 unspecified atom stereocenters. The highest BCUT2D eigenvalue weighted by Crippen LogP contribution is 2.54. The summed E-state index contributed by atoms with van der Waals surface area (Å²) in [4.78, 5) is 28.1. The first-order valence-electron chi connectivity index (χ1n) is 9.84. The van der Waals surface area contributed by atoms with Crippen molar-refractivity contribution in [3.63, 3.8) is 0 Å². The van der Waals surface area contributed by atoms with E-state index in [0.717, 1.165) is 22.2 Å². The number of nitrogens with two attached hydrogens (primary N) is 1. The van der Waals surface area contributed by atoms with Crippen molar-refractivity contribution in [2.75, 3.05) is 0 Å². The van der Waals surface area contributed by atoms with Crippen LogP contribution < -0.4 is 16.0 Å². The fourth-order valence-corrected chi connectivity index (χ4v) is 4.09. The second-order valence-electron chi connectivity index (χ2n) is 7.92. The van der Waals surface area contributed by atoms with Gasteiger partial charge in [0.05, 0.1) is 16.8 Å². The first-order chi connectivity index (χ1) is 14.8. The minimum absolute atomic E-state index is 0.0795. The summed E-state index contributed by atoms with van der Waals surface area (Å²) in [5, 5.41) is 9.75. The first kappa shape index (κ1) is 20.7. The lowest BCUT2D eigenvalue weighted by Crippen LogP contribution is -2.33. The quantitative estimate of drug-likeness (QED) is 0.399. The third kappa shape index (κ3) is 3.94. The van der Waals surface area contributed by atoms with E-state index in [4.69, 9.17) is 15.7 Å². The molecule has 31 heavy (non-hydrogen) atoms. The Morgan fingerprint density at radius 1 is 1.29 bits per heavy atom. The van der Waals surface area contributed by atoms with Crippen molar-refractivity contribution in [1.82, 2.24) is 10.5 Å².